The van der Waals surface area contributed by atoms with E-state index >= 15 is 0 Å². The van der Waals surface area contributed by atoms with Crippen LogP contribution in [-0.2, 0) is 18.4 Å². The number of rotatable bonds is 6. The topological polar surface area (TPSA) is 152 Å². The fraction of sp³-hybridized carbons (Fsp3) is 0.345. The molecule has 1 aromatic carbocycles. The standard InChI is InChI=1S/C29H30ClFN8O4/c1-14-4-16-9-38(11-22(14)37(16)3)23-7-21(19(30)8-33-23)35-24(40)12-39-10-18(25-28(39)34-13-36(2)29(25)43)15-5-17(27(32)42)26(41)20(31)6-15/h5-8,10,13-14,16,22,41H,4,9,11-12H2,1-3H3,(H2,32,42)(H,33,35,40). The molecule has 0 spiro atoms. The van der Waals surface area contributed by atoms with E-state index in [1.807, 2.05) is 0 Å². The highest BCUT2D eigenvalue weighted by atomic mass is 35.5. The van der Waals surface area contributed by atoms with Crippen molar-refractivity contribution in [1.29, 1.82) is 0 Å². The Morgan fingerprint density at radius 1 is 1.21 bits per heavy atom. The number of anilines is 2. The van der Waals surface area contributed by atoms with Gasteiger partial charge in [0.1, 0.15) is 18.0 Å². The second-order valence-electron chi connectivity index (χ2n) is 11.3. The zero-order chi connectivity index (χ0) is 30.7. The first-order chi connectivity index (χ1) is 20.4. The minimum atomic E-state index is -1.09. The number of nitrogens with two attached hydrogens (primary N) is 1. The summed E-state index contributed by atoms with van der Waals surface area (Å²) in [5.74, 6) is -2.17. The molecule has 224 valence electrons. The first kappa shape index (κ1) is 28.6. The van der Waals surface area contributed by atoms with Crippen molar-refractivity contribution in [1.82, 2.24) is 24.0 Å². The number of aryl methyl sites for hydroxylation is 1. The SMILES string of the molecule is CC1CC2CN(c3cc(NC(=O)Cn4cc(-c5cc(F)c(O)c(C(N)=O)c5)c5c(=O)n(C)cnc54)c(Cl)cn3)CC1N2C. The Morgan fingerprint density at radius 2 is 1.98 bits per heavy atom. The lowest BCUT2D eigenvalue weighted by Gasteiger charge is -2.40. The van der Waals surface area contributed by atoms with E-state index in [2.05, 4.69) is 39.1 Å². The molecule has 0 saturated carbocycles. The Bertz CT molecular complexity index is 1860. The molecular weight excluding hydrogens is 579 g/mol. The van der Waals surface area contributed by atoms with Crippen molar-refractivity contribution >= 4 is 46.0 Å². The number of carbonyl (C=O) groups is 2. The number of carbonyl (C=O) groups excluding carboxylic acids is 2. The fourth-order valence-corrected chi connectivity index (χ4v) is 6.42. The number of fused-ring (bicyclic) bond motifs is 3. The second kappa shape index (κ2) is 10.7. The van der Waals surface area contributed by atoms with Crippen LogP contribution in [0.2, 0.25) is 5.02 Å². The summed E-state index contributed by atoms with van der Waals surface area (Å²) in [4.78, 5) is 51.8. The molecule has 3 unspecified atom stereocenters. The van der Waals surface area contributed by atoms with Crippen molar-refractivity contribution in [3.63, 3.8) is 0 Å². The van der Waals surface area contributed by atoms with E-state index in [-0.39, 0.29) is 33.7 Å². The molecule has 0 aliphatic carbocycles. The molecule has 2 aliphatic rings. The summed E-state index contributed by atoms with van der Waals surface area (Å²) < 4.78 is 17.3. The van der Waals surface area contributed by atoms with Crippen LogP contribution in [0.25, 0.3) is 22.2 Å². The Kier molecular flexibility index (Phi) is 7.09. The monoisotopic (exact) mass is 608 g/mol. The average molecular weight is 609 g/mol. The smallest absolute Gasteiger partial charge is 0.263 e. The number of hydrogen-bond donors (Lipinski definition) is 3. The Morgan fingerprint density at radius 3 is 2.70 bits per heavy atom. The second-order valence-corrected chi connectivity index (χ2v) is 11.7. The molecule has 14 heteroatoms. The highest BCUT2D eigenvalue weighted by Gasteiger charge is 2.42. The number of halogens is 2. The molecule has 2 amide bonds. The summed E-state index contributed by atoms with van der Waals surface area (Å²) in [6, 6.07) is 4.79. The van der Waals surface area contributed by atoms with Gasteiger partial charge in [-0.2, -0.15) is 0 Å². The lowest BCUT2D eigenvalue weighted by atomic mass is 10.0. The van der Waals surface area contributed by atoms with E-state index in [9.17, 15) is 23.9 Å². The Labute approximate surface area is 250 Å². The molecule has 2 bridgehead atoms. The maximum atomic E-state index is 14.6. The maximum absolute atomic E-state index is 14.6. The van der Waals surface area contributed by atoms with E-state index in [0.29, 0.717) is 23.7 Å². The summed E-state index contributed by atoms with van der Waals surface area (Å²) in [6.45, 7) is 3.66. The minimum absolute atomic E-state index is 0.0986. The van der Waals surface area contributed by atoms with Crippen LogP contribution < -0.4 is 21.5 Å². The first-order valence-corrected chi connectivity index (χ1v) is 14.1. The third-order valence-electron chi connectivity index (χ3n) is 8.57. The summed E-state index contributed by atoms with van der Waals surface area (Å²) >= 11 is 6.42. The van der Waals surface area contributed by atoms with Crippen molar-refractivity contribution in [3.8, 4) is 16.9 Å². The van der Waals surface area contributed by atoms with Crippen LogP contribution in [0.1, 0.15) is 23.7 Å². The number of piperazine rings is 1. The van der Waals surface area contributed by atoms with Crippen LogP contribution in [0.15, 0.2) is 41.7 Å². The Balaban J connectivity index is 1.31. The minimum Gasteiger partial charge on any atom is -0.504 e. The van der Waals surface area contributed by atoms with Crippen LogP contribution >= 0.6 is 11.6 Å². The van der Waals surface area contributed by atoms with Gasteiger partial charge < -0.3 is 30.2 Å². The van der Waals surface area contributed by atoms with Crippen molar-refractivity contribution in [3.05, 3.63) is 63.7 Å². The summed E-state index contributed by atoms with van der Waals surface area (Å²) in [5, 5.41) is 13.2. The predicted octanol–water partition coefficient (Wildman–Crippen LogP) is 2.56. The van der Waals surface area contributed by atoms with E-state index in [1.54, 1.807) is 6.07 Å². The van der Waals surface area contributed by atoms with Crippen molar-refractivity contribution in [2.45, 2.75) is 32.0 Å². The number of hydrogen-bond acceptors (Lipinski definition) is 8. The lowest BCUT2D eigenvalue weighted by molar-refractivity contribution is -0.116. The number of phenols is 1. The molecule has 6 rings (SSSR count). The fourth-order valence-electron chi connectivity index (χ4n) is 6.27. The summed E-state index contributed by atoms with van der Waals surface area (Å²) in [6.07, 6.45) is 5.42. The number of nitrogens with one attached hydrogen (secondary N) is 1. The molecule has 2 aliphatic heterocycles. The van der Waals surface area contributed by atoms with Crippen LogP contribution in [0.4, 0.5) is 15.9 Å². The van der Waals surface area contributed by atoms with Crippen molar-refractivity contribution in [2.24, 2.45) is 18.7 Å². The summed E-state index contributed by atoms with van der Waals surface area (Å²) in [7, 11) is 3.66. The normalized spacial score (nSPS) is 20.1. The van der Waals surface area contributed by atoms with Gasteiger partial charge in [-0.1, -0.05) is 18.5 Å². The number of amides is 2. The molecule has 3 aromatic heterocycles. The number of likely N-dealkylation sites (N-methyl/N-ethyl adjacent to an activating group) is 1. The Hall–Kier alpha value is -4.49. The van der Waals surface area contributed by atoms with Gasteiger partial charge in [0.05, 0.1) is 34.2 Å². The molecular formula is C29H30ClFN8O4. The molecule has 0 radical (unpaired) electrons. The van der Waals surface area contributed by atoms with E-state index in [1.165, 1.54) is 41.0 Å². The van der Waals surface area contributed by atoms with Gasteiger partial charge in [0.25, 0.3) is 11.5 Å². The molecule has 12 nitrogen and oxygen atoms in total. The number of benzene rings is 1. The molecule has 2 fully saturated rings. The van der Waals surface area contributed by atoms with Crippen LogP contribution in [-0.4, -0.2) is 73.1 Å². The number of aromatic nitrogens is 4. The molecule has 5 heterocycles. The van der Waals surface area contributed by atoms with E-state index in [4.69, 9.17) is 17.3 Å². The van der Waals surface area contributed by atoms with Crippen LogP contribution in [0.3, 0.4) is 0 Å². The largest absolute Gasteiger partial charge is 0.504 e. The van der Waals surface area contributed by atoms with Gasteiger partial charge in [0.2, 0.25) is 5.91 Å². The third kappa shape index (κ3) is 4.97. The van der Waals surface area contributed by atoms with Crippen LogP contribution in [0, 0.1) is 11.7 Å². The van der Waals surface area contributed by atoms with Gasteiger partial charge >= 0.3 is 0 Å². The van der Waals surface area contributed by atoms with Crippen molar-refractivity contribution in [2.75, 3.05) is 30.4 Å². The molecule has 4 aromatic rings. The highest BCUT2D eigenvalue weighted by molar-refractivity contribution is 6.33. The first-order valence-electron chi connectivity index (χ1n) is 13.7. The predicted molar refractivity (Wildman–Crippen MR) is 160 cm³/mol. The number of pyridine rings is 1. The number of aromatic hydroxyl groups is 1. The number of primary amides is 1. The molecule has 2 saturated heterocycles. The van der Waals surface area contributed by atoms with Crippen LogP contribution in [0.5, 0.6) is 5.75 Å². The van der Waals surface area contributed by atoms with Crippen molar-refractivity contribution < 1.29 is 19.1 Å². The van der Waals surface area contributed by atoms with Gasteiger partial charge in [-0.25, -0.2) is 14.4 Å². The maximum Gasteiger partial charge on any atom is 0.263 e. The van der Waals surface area contributed by atoms with Gasteiger partial charge in [0.15, 0.2) is 11.6 Å². The van der Waals surface area contributed by atoms with E-state index in [0.717, 1.165) is 31.4 Å². The lowest BCUT2D eigenvalue weighted by Crippen LogP contribution is -2.53. The zero-order valence-corrected chi connectivity index (χ0v) is 24.5. The van der Waals surface area contributed by atoms with Gasteiger partial charge in [0, 0.05) is 50.0 Å². The molecule has 4 N–H and O–H groups in total. The zero-order valence-electron chi connectivity index (χ0n) is 23.7. The van der Waals surface area contributed by atoms with Gasteiger partial charge in [-0.15, -0.1) is 0 Å². The average Bonchev–Trinajstić information content (AvgIpc) is 3.37. The van der Waals surface area contributed by atoms with Gasteiger partial charge in [-0.3, -0.25) is 19.3 Å². The number of nitrogens with zero attached hydrogens (tertiary/aromatic N) is 6. The van der Waals surface area contributed by atoms with Gasteiger partial charge in [-0.05, 0) is 37.1 Å². The molecule has 3 atom stereocenters. The highest BCUT2D eigenvalue weighted by Crippen LogP contribution is 2.36. The quantitative estimate of drug-likeness (QED) is 0.302. The molecule has 43 heavy (non-hydrogen) atoms. The van der Waals surface area contributed by atoms with E-state index < -0.39 is 34.5 Å². The summed E-state index contributed by atoms with van der Waals surface area (Å²) in [5.41, 5.74) is 5.30. The third-order valence-corrected chi connectivity index (χ3v) is 8.87.